The summed E-state index contributed by atoms with van der Waals surface area (Å²) in [5, 5.41) is 0.664. The van der Waals surface area contributed by atoms with Crippen molar-refractivity contribution in [1.29, 1.82) is 0 Å². The molecule has 1 atom stereocenters. The van der Waals surface area contributed by atoms with Gasteiger partial charge in [0.1, 0.15) is 0 Å². The summed E-state index contributed by atoms with van der Waals surface area (Å²) in [5.74, 6) is 0.371. The van der Waals surface area contributed by atoms with Gasteiger partial charge in [0.15, 0.2) is 5.13 Å². The van der Waals surface area contributed by atoms with Gasteiger partial charge in [-0.3, -0.25) is 0 Å². The monoisotopic (exact) mass is 260 g/mol. The lowest BCUT2D eigenvalue weighted by atomic mass is 9.97. The van der Waals surface area contributed by atoms with Crippen LogP contribution in [0.5, 0.6) is 0 Å². The molecule has 18 heavy (non-hydrogen) atoms. The molecule has 1 aromatic heterocycles. The highest BCUT2D eigenvalue weighted by Crippen LogP contribution is 2.32. The molecule has 1 heterocycles. The van der Waals surface area contributed by atoms with Crippen molar-refractivity contribution < 1.29 is 0 Å². The Morgan fingerprint density at radius 2 is 1.94 bits per heavy atom. The third kappa shape index (κ3) is 2.72. The van der Waals surface area contributed by atoms with E-state index >= 15 is 0 Å². The smallest absolute Gasteiger partial charge is 0.180 e. The Kier molecular flexibility index (Phi) is 4.02. The molecule has 0 fully saturated rings. The first-order chi connectivity index (χ1) is 8.61. The van der Waals surface area contributed by atoms with Gasteiger partial charge in [0, 0.05) is 10.8 Å². The zero-order valence-electron chi connectivity index (χ0n) is 11.2. The molecule has 96 valence electrons. The second-order valence-corrected chi connectivity index (χ2v) is 5.78. The van der Waals surface area contributed by atoms with E-state index in [9.17, 15) is 0 Å². The van der Waals surface area contributed by atoms with E-state index in [-0.39, 0.29) is 0 Å². The van der Waals surface area contributed by atoms with E-state index in [4.69, 9.17) is 5.73 Å². The van der Waals surface area contributed by atoms with Crippen molar-refractivity contribution in [2.75, 3.05) is 5.73 Å². The second kappa shape index (κ2) is 5.53. The van der Waals surface area contributed by atoms with Crippen LogP contribution < -0.4 is 5.73 Å². The van der Waals surface area contributed by atoms with Gasteiger partial charge in [-0.1, -0.05) is 44.5 Å². The highest BCUT2D eigenvalue weighted by Gasteiger charge is 2.15. The van der Waals surface area contributed by atoms with E-state index < -0.39 is 0 Å². The lowest BCUT2D eigenvalue weighted by molar-refractivity contribution is 0.904. The van der Waals surface area contributed by atoms with E-state index in [1.165, 1.54) is 22.4 Å². The predicted molar refractivity (Wildman–Crippen MR) is 79.2 cm³/mol. The standard InChI is InChI=1S/C15H20N2S/c1-4-5-12-6-8-13(9-7-12)10(2)14-11(3)17-15(16)18-14/h6-10H,4-5H2,1-3H3,(H2,16,17). The lowest BCUT2D eigenvalue weighted by Crippen LogP contribution is -1.96. The summed E-state index contributed by atoms with van der Waals surface area (Å²) in [6, 6.07) is 8.92. The Morgan fingerprint density at radius 1 is 1.28 bits per heavy atom. The molecule has 2 rings (SSSR count). The first-order valence-corrected chi connectivity index (χ1v) is 7.25. The summed E-state index contributed by atoms with van der Waals surface area (Å²) in [4.78, 5) is 5.57. The summed E-state index contributed by atoms with van der Waals surface area (Å²) in [7, 11) is 0. The minimum atomic E-state index is 0.371. The van der Waals surface area contributed by atoms with Gasteiger partial charge in [-0.15, -0.1) is 11.3 Å². The Balaban J connectivity index is 2.23. The number of nitrogens with two attached hydrogens (primary N) is 1. The number of benzene rings is 1. The molecule has 0 saturated carbocycles. The van der Waals surface area contributed by atoms with Crippen LogP contribution >= 0.6 is 11.3 Å². The SMILES string of the molecule is CCCc1ccc(C(C)c2sc(N)nc2C)cc1. The van der Waals surface area contributed by atoms with Crippen LogP contribution in [-0.4, -0.2) is 4.98 Å². The number of hydrogen-bond donors (Lipinski definition) is 1. The van der Waals surface area contributed by atoms with Crippen molar-refractivity contribution in [3.8, 4) is 0 Å². The highest BCUT2D eigenvalue weighted by atomic mass is 32.1. The first kappa shape index (κ1) is 13.1. The highest BCUT2D eigenvalue weighted by molar-refractivity contribution is 7.15. The molecule has 0 bridgehead atoms. The first-order valence-electron chi connectivity index (χ1n) is 6.43. The topological polar surface area (TPSA) is 38.9 Å². The number of rotatable bonds is 4. The Bertz CT molecular complexity index is 514. The number of anilines is 1. The zero-order chi connectivity index (χ0) is 13.1. The fraction of sp³-hybridized carbons (Fsp3) is 0.400. The summed E-state index contributed by atoms with van der Waals surface area (Å²) in [6.07, 6.45) is 2.35. The van der Waals surface area contributed by atoms with Crippen molar-refractivity contribution in [2.45, 2.75) is 39.5 Å². The van der Waals surface area contributed by atoms with Gasteiger partial charge in [-0.2, -0.15) is 0 Å². The van der Waals surface area contributed by atoms with Gasteiger partial charge in [0.25, 0.3) is 0 Å². The summed E-state index contributed by atoms with van der Waals surface area (Å²) in [6.45, 7) is 6.46. The molecule has 2 N–H and O–H groups in total. The van der Waals surface area contributed by atoms with E-state index in [1.54, 1.807) is 11.3 Å². The van der Waals surface area contributed by atoms with Crippen LogP contribution in [0, 0.1) is 6.92 Å². The van der Waals surface area contributed by atoms with Gasteiger partial charge >= 0.3 is 0 Å². The molecular formula is C15H20N2S. The zero-order valence-corrected chi connectivity index (χ0v) is 12.1. The fourth-order valence-electron chi connectivity index (χ4n) is 2.24. The summed E-state index contributed by atoms with van der Waals surface area (Å²) < 4.78 is 0. The molecule has 0 saturated heterocycles. The minimum absolute atomic E-state index is 0.371. The van der Waals surface area contributed by atoms with Crippen molar-refractivity contribution in [3.63, 3.8) is 0 Å². The van der Waals surface area contributed by atoms with Gasteiger partial charge in [0.05, 0.1) is 5.69 Å². The predicted octanol–water partition coefficient (Wildman–Crippen LogP) is 4.14. The molecule has 2 nitrogen and oxygen atoms in total. The summed E-state index contributed by atoms with van der Waals surface area (Å²) in [5.41, 5.74) is 9.57. The molecule has 3 heteroatoms. The molecule has 0 spiro atoms. The third-order valence-electron chi connectivity index (χ3n) is 3.26. The number of aryl methyl sites for hydroxylation is 2. The average Bonchev–Trinajstić information content (AvgIpc) is 2.69. The minimum Gasteiger partial charge on any atom is -0.375 e. The molecule has 0 aliphatic heterocycles. The number of aromatic nitrogens is 1. The van der Waals surface area contributed by atoms with Crippen LogP contribution in [0.4, 0.5) is 5.13 Å². The Morgan fingerprint density at radius 3 is 2.44 bits per heavy atom. The van der Waals surface area contributed by atoms with Gasteiger partial charge < -0.3 is 5.73 Å². The molecule has 1 unspecified atom stereocenters. The number of nitrogens with zero attached hydrogens (tertiary/aromatic N) is 1. The molecule has 0 amide bonds. The van der Waals surface area contributed by atoms with E-state index in [1.807, 2.05) is 6.92 Å². The van der Waals surface area contributed by atoms with Gasteiger partial charge in [0.2, 0.25) is 0 Å². The van der Waals surface area contributed by atoms with Gasteiger partial charge in [-0.05, 0) is 24.5 Å². The summed E-state index contributed by atoms with van der Waals surface area (Å²) >= 11 is 1.60. The third-order valence-corrected chi connectivity index (χ3v) is 4.43. The molecule has 0 aliphatic carbocycles. The average molecular weight is 260 g/mol. The maximum absolute atomic E-state index is 5.77. The maximum Gasteiger partial charge on any atom is 0.180 e. The number of nitrogen functional groups attached to an aromatic ring is 1. The van der Waals surface area contributed by atoms with Crippen molar-refractivity contribution in [2.24, 2.45) is 0 Å². The normalized spacial score (nSPS) is 12.6. The molecular weight excluding hydrogens is 240 g/mol. The largest absolute Gasteiger partial charge is 0.375 e. The molecule has 2 aromatic rings. The van der Waals surface area contributed by atoms with E-state index in [0.29, 0.717) is 11.0 Å². The second-order valence-electron chi connectivity index (χ2n) is 4.72. The van der Waals surface area contributed by atoms with Crippen LogP contribution in [0.25, 0.3) is 0 Å². The van der Waals surface area contributed by atoms with Crippen LogP contribution in [0.2, 0.25) is 0 Å². The van der Waals surface area contributed by atoms with E-state index in [2.05, 4.69) is 43.1 Å². The van der Waals surface area contributed by atoms with Crippen molar-refractivity contribution in [1.82, 2.24) is 4.98 Å². The Labute approximate surface area is 113 Å². The Hall–Kier alpha value is -1.35. The van der Waals surface area contributed by atoms with Crippen LogP contribution in [-0.2, 0) is 6.42 Å². The fourth-order valence-corrected chi connectivity index (χ4v) is 3.16. The van der Waals surface area contributed by atoms with Crippen LogP contribution in [0.15, 0.2) is 24.3 Å². The molecule has 0 aliphatic rings. The van der Waals surface area contributed by atoms with Crippen LogP contribution in [0.3, 0.4) is 0 Å². The van der Waals surface area contributed by atoms with Gasteiger partial charge in [-0.25, -0.2) is 4.98 Å². The molecule has 0 radical (unpaired) electrons. The van der Waals surface area contributed by atoms with Crippen molar-refractivity contribution in [3.05, 3.63) is 46.0 Å². The number of hydrogen-bond acceptors (Lipinski definition) is 3. The lowest BCUT2D eigenvalue weighted by Gasteiger charge is -2.11. The van der Waals surface area contributed by atoms with E-state index in [0.717, 1.165) is 12.1 Å². The quantitative estimate of drug-likeness (QED) is 0.897. The number of thiazole rings is 1. The van der Waals surface area contributed by atoms with Crippen LogP contribution in [0.1, 0.15) is 47.9 Å². The molecule has 1 aromatic carbocycles. The maximum atomic E-state index is 5.77. The van der Waals surface area contributed by atoms with Crippen molar-refractivity contribution >= 4 is 16.5 Å².